The third-order valence-electron chi connectivity index (χ3n) is 3.14. The van der Waals surface area contributed by atoms with Crippen molar-refractivity contribution in [2.75, 3.05) is 11.4 Å². The van der Waals surface area contributed by atoms with Gasteiger partial charge in [0.25, 0.3) is 0 Å². The average molecular weight is 250 g/mol. The summed E-state index contributed by atoms with van der Waals surface area (Å²) in [6.07, 6.45) is 1.89. The summed E-state index contributed by atoms with van der Waals surface area (Å²) in [6.45, 7) is 0.0499. The predicted molar refractivity (Wildman–Crippen MR) is 62.2 cm³/mol. The average Bonchev–Trinajstić information content (AvgIpc) is 2.94. The van der Waals surface area contributed by atoms with Crippen molar-refractivity contribution in [2.45, 2.75) is 18.6 Å². The van der Waals surface area contributed by atoms with Crippen LogP contribution in [0, 0.1) is 0 Å². The molecule has 2 atom stereocenters. The van der Waals surface area contributed by atoms with Crippen molar-refractivity contribution in [2.24, 2.45) is 0 Å². The molecule has 0 bridgehead atoms. The van der Waals surface area contributed by atoms with E-state index < -0.39 is 18.2 Å². The number of nitrogens with one attached hydrogen (secondary N) is 1. The van der Waals surface area contributed by atoms with Gasteiger partial charge < -0.3 is 15.0 Å². The lowest BCUT2D eigenvalue weighted by Crippen LogP contribution is -2.36. The first-order valence-corrected chi connectivity index (χ1v) is 5.58. The van der Waals surface area contributed by atoms with Crippen molar-refractivity contribution in [3.05, 3.63) is 18.6 Å². The number of carbonyl (C=O) groups is 1. The molecule has 7 heteroatoms. The fourth-order valence-corrected chi connectivity index (χ4v) is 2.34. The molecule has 1 aliphatic rings. The number of H-pyrrole nitrogens is 1. The van der Waals surface area contributed by atoms with Gasteiger partial charge in [0.05, 0.1) is 11.9 Å². The number of hydrogen-bond donors (Lipinski definition) is 2. The molecule has 3 heterocycles. The highest BCUT2D eigenvalue weighted by molar-refractivity contribution is 5.90. The lowest BCUT2D eigenvalue weighted by molar-refractivity contribution is -0.138. The Morgan fingerprint density at radius 1 is 1.56 bits per heavy atom. The van der Waals surface area contributed by atoms with Crippen LogP contribution < -0.4 is 4.90 Å². The molecule has 3 rings (SSSR count). The van der Waals surface area contributed by atoms with Gasteiger partial charge in [-0.3, -0.25) is 0 Å². The molecule has 6 nitrogen and oxygen atoms in total. The molecule has 2 N–H and O–H groups in total. The minimum absolute atomic E-state index is 0.00868. The van der Waals surface area contributed by atoms with E-state index in [2.05, 4.69) is 15.0 Å². The number of hydrogen-bond acceptors (Lipinski definition) is 4. The Morgan fingerprint density at radius 3 is 3.17 bits per heavy atom. The summed E-state index contributed by atoms with van der Waals surface area (Å²) in [6, 6.07) is 0.891. The Morgan fingerprint density at radius 2 is 2.39 bits per heavy atom. The first-order valence-electron chi connectivity index (χ1n) is 5.58. The van der Waals surface area contributed by atoms with Crippen molar-refractivity contribution >= 4 is 22.8 Å². The predicted octanol–water partition coefficient (Wildman–Crippen LogP) is 0.959. The summed E-state index contributed by atoms with van der Waals surface area (Å²) in [7, 11) is 0. The fraction of sp³-hybridized carbons (Fsp3) is 0.364. The highest BCUT2D eigenvalue weighted by atomic mass is 19.1. The molecule has 0 aromatic carbocycles. The van der Waals surface area contributed by atoms with Crippen LogP contribution in [0.1, 0.15) is 6.42 Å². The summed E-state index contributed by atoms with van der Waals surface area (Å²) in [5, 5.41) is 9.83. The molecule has 94 valence electrons. The van der Waals surface area contributed by atoms with Crippen LogP contribution in [0.25, 0.3) is 11.0 Å². The maximum atomic E-state index is 13.4. The van der Waals surface area contributed by atoms with Crippen molar-refractivity contribution in [1.82, 2.24) is 15.0 Å². The second-order valence-electron chi connectivity index (χ2n) is 4.28. The maximum absolute atomic E-state index is 13.4. The third kappa shape index (κ3) is 1.59. The number of fused-ring (bicyclic) bond motifs is 1. The van der Waals surface area contributed by atoms with Gasteiger partial charge in [-0.2, -0.15) is 0 Å². The number of aliphatic carboxylic acids is 1. The number of anilines is 1. The van der Waals surface area contributed by atoms with E-state index in [1.54, 1.807) is 12.3 Å². The molecule has 0 unspecified atom stereocenters. The number of alkyl halides is 1. The summed E-state index contributed by atoms with van der Waals surface area (Å²) in [4.78, 5) is 23.7. The molecular formula is C11H11FN4O2. The largest absolute Gasteiger partial charge is 0.480 e. The molecule has 0 radical (unpaired) electrons. The minimum Gasteiger partial charge on any atom is -0.480 e. The lowest BCUT2D eigenvalue weighted by atomic mass is 10.2. The van der Waals surface area contributed by atoms with E-state index in [0.717, 1.165) is 0 Å². The summed E-state index contributed by atoms with van der Waals surface area (Å²) >= 11 is 0. The molecule has 2 aromatic rings. The first-order chi connectivity index (χ1) is 8.66. The van der Waals surface area contributed by atoms with E-state index in [0.29, 0.717) is 16.9 Å². The van der Waals surface area contributed by atoms with Gasteiger partial charge >= 0.3 is 5.97 Å². The molecular weight excluding hydrogens is 239 g/mol. The number of nitrogens with zero attached hydrogens (tertiary/aromatic N) is 3. The van der Waals surface area contributed by atoms with Gasteiger partial charge in [0.2, 0.25) is 0 Å². The fourth-order valence-electron chi connectivity index (χ4n) is 2.34. The molecule has 0 spiro atoms. The summed E-state index contributed by atoms with van der Waals surface area (Å²) in [5.41, 5.74) is 0.617. The SMILES string of the molecule is O=C(O)[C@H]1C[C@@H](F)CN1c1ncnc2[nH]ccc12. The van der Waals surface area contributed by atoms with E-state index in [4.69, 9.17) is 5.11 Å². The standard InChI is InChI=1S/C11H11FN4O2/c12-6-3-8(11(17)18)16(4-6)10-7-1-2-13-9(7)14-5-15-10/h1-2,5-6,8H,3-4H2,(H,17,18)(H,13,14,15)/t6-,8-/m1/s1. The molecule has 1 fully saturated rings. The zero-order chi connectivity index (χ0) is 12.7. The van der Waals surface area contributed by atoms with Crippen LogP contribution in [0.5, 0.6) is 0 Å². The quantitative estimate of drug-likeness (QED) is 0.829. The van der Waals surface area contributed by atoms with Gasteiger partial charge in [-0.1, -0.05) is 0 Å². The zero-order valence-corrected chi connectivity index (χ0v) is 9.38. The van der Waals surface area contributed by atoms with Crippen LogP contribution in [0.15, 0.2) is 18.6 Å². The van der Waals surface area contributed by atoms with Crippen molar-refractivity contribution < 1.29 is 14.3 Å². The molecule has 2 aromatic heterocycles. The molecule has 1 aliphatic heterocycles. The van der Waals surface area contributed by atoms with Crippen molar-refractivity contribution in [3.8, 4) is 0 Å². The Bertz CT molecular complexity index is 599. The molecule has 0 aliphatic carbocycles. The topological polar surface area (TPSA) is 82.1 Å². The van der Waals surface area contributed by atoms with Crippen molar-refractivity contribution in [1.29, 1.82) is 0 Å². The van der Waals surface area contributed by atoms with Crippen molar-refractivity contribution in [3.63, 3.8) is 0 Å². The van der Waals surface area contributed by atoms with Crippen LogP contribution in [0.4, 0.5) is 10.2 Å². The van der Waals surface area contributed by atoms with Gasteiger partial charge in [-0.05, 0) is 6.07 Å². The van der Waals surface area contributed by atoms with Gasteiger partial charge in [-0.25, -0.2) is 19.2 Å². The van der Waals surface area contributed by atoms with Crippen LogP contribution in [0.2, 0.25) is 0 Å². The lowest BCUT2D eigenvalue weighted by Gasteiger charge is -2.22. The van der Waals surface area contributed by atoms with Crippen LogP contribution in [-0.2, 0) is 4.79 Å². The number of carboxylic acid groups (broad SMARTS) is 1. The van der Waals surface area contributed by atoms with Gasteiger partial charge in [0.1, 0.15) is 30.0 Å². The molecule has 0 amide bonds. The summed E-state index contributed by atoms with van der Waals surface area (Å²) < 4.78 is 13.4. The molecule has 0 saturated carbocycles. The smallest absolute Gasteiger partial charge is 0.326 e. The second kappa shape index (κ2) is 3.94. The Kier molecular flexibility index (Phi) is 2.39. The highest BCUT2D eigenvalue weighted by Gasteiger charge is 2.38. The number of carboxylic acids is 1. The normalized spacial score (nSPS) is 23.7. The van der Waals surface area contributed by atoms with E-state index in [9.17, 15) is 9.18 Å². The Labute approximate surface area is 101 Å². The van der Waals surface area contributed by atoms with Gasteiger partial charge in [-0.15, -0.1) is 0 Å². The Balaban J connectivity index is 2.08. The Hall–Kier alpha value is -2.18. The zero-order valence-electron chi connectivity index (χ0n) is 9.38. The van der Waals surface area contributed by atoms with E-state index in [-0.39, 0.29) is 13.0 Å². The van der Waals surface area contributed by atoms with E-state index in [1.165, 1.54) is 11.2 Å². The van der Waals surface area contributed by atoms with E-state index in [1.807, 2.05) is 0 Å². The van der Waals surface area contributed by atoms with Crippen LogP contribution >= 0.6 is 0 Å². The highest BCUT2D eigenvalue weighted by Crippen LogP contribution is 2.30. The van der Waals surface area contributed by atoms with E-state index >= 15 is 0 Å². The number of rotatable bonds is 2. The third-order valence-corrected chi connectivity index (χ3v) is 3.14. The van der Waals surface area contributed by atoms with Gasteiger partial charge in [0.15, 0.2) is 0 Å². The summed E-state index contributed by atoms with van der Waals surface area (Å²) in [5.74, 6) is -0.564. The van der Waals surface area contributed by atoms with Crippen LogP contribution in [-0.4, -0.2) is 44.8 Å². The first kappa shape index (κ1) is 10.9. The number of aromatic nitrogens is 3. The molecule has 1 saturated heterocycles. The van der Waals surface area contributed by atoms with Gasteiger partial charge in [0, 0.05) is 12.6 Å². The molecule has 18 heavy (non-hydrogen) atoms. The van der Waals surface area contributed by atoms with Crippen LogP contribution in [0.3, 0.4) is 0 Å². The maximum Gasteiger partial charge on any atom is 0.326 e. The number of aromatic amines is 1. The second-order valence-corrected chi connectivity index (χ2v) is 4.28. The minimum atomic E-state index is -1.14. The number of halogens is 1. The monoisotopic (exact) mass is 250 g/mol.